The maximum atomic E-state index is 4.31. The fourth-order valence-corrected chi connectivity index (χ4v) is 3.90. The third-order valence-electron chi connectivity index (χ3n) is 3.24. The van der Waals surface area contributed by atoms with Gasteiger partial charge in [-0.25, -0.2) is 4.68 Å². The van der Waals surface area contributed by atoms with Crippen LogP contribution in [-0.2, 0) is 0 Å². The largest absolute Gasteiger partial charge is 0.314 e. The van der Waals surface area contributed by atoms with Crippen LogP contribution in [0.15, 0.2) is 53.0 Å². The number of rotatable bonds is 2. The molecular weight excluding hydrogens is 288 g/mol. The van der Waals surface area contributed by atoms with Crippen molar-refractivity contribution in [2.75, 3.05) is 11.2 Å². The number of thioether (sulfide) groups is 1. The second-order valence-electron chi connectivity index (χ2n) is 4.52. The summed E-state index contributed by atoms with van der Waals surface area (Å²) < 4.78 is 2.01. The zero-order chi connectivity index (χ0) is 13.4. The topological polar surface area (TPSA) is 42.7 Å². The highest BCUT2D eigenvalue weighted by atomic mass is 32.2. The molecule has 2 aromatic heterocycles. The lowest BCUT2D eigenvalue weighted by atomic mass is 10.1. The maximum absolute atomic E-state index is 4.31. The standard InChI is InChI=1S/C14H12N4S2/c1-2-5-10(6-3-1)11-9-20-14-16-15-13(18(14)17-11)12-7-4-8-19-12/h1-8,11,17H,9H2. The van der Waals surface area contributed by atoms with Crippen LogP contribution in [0.25, 0.3) is 10.7 Å². The van der Waals surface area contributed by atoms with Crippen LogP contribution >= 0.6 is 23.1 Å². The van der Waals surface area contributed by atoms with Gasteiger partial charge in [-0.1, -0.05) is 48.2 Å². The number of hydrogen-bond donors (Lipinski definition) is 1. The monoisotopic (exact) mass is 300 g/mol. The van der Waals surface area contributed by atoms with Crippen molar-refractivity contribution in [3.63, 3.8) is 0 Å². The molecule has 0 saturated carbocycles. The van der Waals surface area contributed by atoms with E-state index in [-0.39, 0.29) is 6.04 Å². The fraction of sp³-hybridized carbons (Fsp3) is 0.143. The molecule has 0 aliphatic carbocycles. The Morgan fingerprint density at radius 1 is 1.10 bits per heavy atom. The van der Waals surface area contributed by atoms with E-state index in [0.717, 1.165) is 21.6 Å². The van der Waals surface area contributed by atoms with Crippen LogP contribution in [0.3, 0.4) is 0 Å². The first kappa shape index (κ1) is 12.0. The van der Waals surface area contributed by atoms with Gasteiger partial charge in [0.2, 0.25) is 5.16 Å². The van der Waals surface area contributed by atoms with Gasteiger partial charge in [0.15, 0.2) is 5.82 Å². The highest BCUT2D eigenvalue weighted by Crippen LogP contribution is 2.33. The predicted octanol–water partition coefficient (Wildman–Crippen LogP) is 3.40. The minimum absolute atomic E-state index is 0.281. The Morgan fingerprint density at radius 3 is 2.80 bits per heavy atom. The van der Waals surface area contributed by atoms with Crippen LogP contribution in [0.2, 0.25) is 0 Å². The molecule has 0 fully saturated rings. The quantitative estimate of drug-likeness (QED) is 0.787. The van der Waals surface area contributed by atoms with E-state index in [1.54, 1.807) is 23.1 Å². The smallest absolute Gasteiger partial charge is 0.210 e. The third kappa shape index (κ3) is 2.01. The molecule has 0 bridgehead atoms. The van der Waals surface area contributed by atoms with Crippen molar-refractivity contribution in [1.82, 2.24) is 14.9 Å². The van der Waals surface area contributed by atoms with Crippen molar-refractivity contribution >= 4 is 23.1 Å². The summed E-state index contributed by atoms with van der Waals surface area (Å²) in [6.07, 6.45) is 0. The molecule has 6 heteroatoms. The van der Waals surface area contributed by atoms with Gasteiger partial charge in [0.25, 0.3) is 0 Å². The Bertz CT molecular complexity index is 706. The van der Waals surface area contributed by atoms with Crippen molar-refractivity contribution in [3.8, 4) is 10.7 Å². The third-order valence-corrected chi connectivity index (χ3v) is 5.13. The van der Waals surface area contributed by atoms with Crippen molar-refractivity contribution < 1.29 is 0 Å². The Labute approximate surface area is 124 Å². The molecule has 3 heterocycles. The lowest BCUT2D eigenvalue weighted by molar-refractivity contribution is 0.663. The Balaban J connectivity index is 1.70. The van der Waals surface area contributed by atoms with E-state index in [0.29, 0.717) is 0 Å². The minimum Gasteiger partial charge on any atom is -0.314 e. The van der Waals surface area contributed by atoms with Crippen LogP contribution in [0.1, 0.15) is 11.6 Å². The van der Waals surface area contributed by atoms with E-state index in [1.165, 1.54) is 5.56 Å². The number of nitrogens with zero attached hydrogens (tertiary/aromatic N) is 3. The van der Waals surface area contributed by atoms with Gasteiger partial charge in [-0.3, -0.25) is 0 Å². The molecule has 0 radical (unpaired) electrons. The number of thiophene rings is 1. The lowest BCUT2D eigenvalue weighted by Crippen LogP contribution is -2.28. The maximum Gasteiger partial charge on any atom is 0.210 e. The summed E-state index contributed by atoms with van der Waals surface area (Å²) >= 11 is 3.42. The summed E-state index contributed by atoms with van der Waals surface area (Å²) in [7, 11) is 0. The Morgan fingerprint density at radius 2 is 2.00 bits per heavy atom. The normalized spacial score (nSPS) is 17.5. The SMILES string of the molecule is c1ccc(C2CSc3nnc(-c4cccs4)n3N2)cc1. The van der Waals surface area contributed by atoms with Gasteiger partial charge in [-0.05, 0) is 17.0 Å². The highest BCUT2D eigenvalue weighted by Gasteiger charge is 2.24. The van der Waals surface area contributed by atoms with E-state index < -0.39 is 0 Å². The highest BCUT2D eigenvalue weighted by molar-refractivity contribution is 7.99. The molecule has 1 unspecified atom stereocenters. The van der Waals surface area contributed by atoms with Gasteiger partial charge in [-0.2, -0.15) is 0 Å². The number of benzene rings is 1. The summed E-state index contributed by atoms with van der Waals surface area (Å²) in [5.41, 5.74) is 4.82. The van der Waals surface area contributed by atoms with Crippen LogP contribution in [-0.4, -0.2) is 20.6 Å². The number of hydrogen-bond acceptors (Lipinski definition) is 5. The number of nitrogens with one attached hydrogen (secondary N) is 1. The van der Waals surface area contributed by atoms with Crippen LogP contribution in [0, 0.1) is 0 Å². The van der Waals surface area contributed by atoms with E-state index in [2.05, 4.69) is 51.3 Å². The summed E-state index contributed by atoms with van der Waals surface area (Å²) in [5.74, 6) is 1.86. The van der Waals surface area contributed by atoms with Crippen LogP contribution in [0.4, 0.5) is 0 Å². The molecule has 1 atom stereocenters. The molecule has 1 aliphatic rings. The first-order valence-electron chi connectivity index (χ1n) is 6.35. The van der Waals surface area contributed by atoms with Gasteiger partial charge < -0.3 is 5.43 Å². The fourth-order valence-electron chi connectivity index (χ4n) is 2.25. The first-order chi connectivity index (χ1) is 9.92. The summed E-state index contributed by atoms with van der Waals surface area (Å²) in [4.78, 5) is 1.13. The molecular formula is C14H12N4S2. The average Bonchev–Trinajstić information content (AvgIpc) is 3.16. The molecule has 0 saturated heterocycles. The Hall–Kier alpha value is -1.79. The van der Waals surface area contributed by atoms with Crippen LogP contribution < -0.4 is 5.43 Å². The molecule has 4 rings (SSSR count). The van der Waals surface area contributed by atoms with Gasteiger partial charge in [0.05, 0.1) is 10.9 Å². The molecule has 3 aromatic rings. The van der Waals surface area contributed by atoms with Crippen molar-refractivity contribution in [1.29, 1.82) is 0 Å². The second kappa shape index (κ2) is 4.96. The van der Waals surface area contributed by atoms with E-state index in [4.69, 9.17) is 0 Å². The van der Waals surface area contributed by atoms with Gasteiger partial charge in [0.1, 0.15) is 0 Å². The predicted molar refractivity (Wildman–Crippen MR) is 82.6 cm³/mol. The molecule has 0 spiro atoms. The van der Waals surface area contributed by atoms with Crippen molar-refractivity contribution in [2.45, 2.75) is 11.2 Å². The second-order valence-corrected chi connectivity index (χ2v) is 6.46. The zero-order valence-corrected chi connectivity index (χ0v) is 12.2. The summed E-state index contributed by atoms with van der Waals surface area (Å²) in [5, 5.41) is 11.6. The minimum atomic E-state index is 0.281. The van der Waals surface area contributed by atoms with Crippen LogP contribution in [0.5, 0.6) is 0 Å². The Kier molecular flexibility index (Phi) is 2.97. The first-order valence-corrected chi connectivity index (χ1v) is 8.22. The number of fused-ring (bicyclic) bond motifs is 1. The molecule has 1 aliphatic heterocycles. The molecule has 20 heavy (non-hydrogen) atoms. The van der Waals surface area contributed by atoms with Crippen molar-refractivity contribution in [3.05, 3.63) is 53.4 Å². The molecule has 100 valence electrons. The van der Waals surface area contributed by atoms with E-state index >= 15 is 0 Å². The zero-order valence-electron chi connectivity index (χ0n) is 10.6. The molecule has 1 N–H and O–H groups in total. The lowest BCUT2D eigenvalue weighted by Gasteiger charge is -2.26. The van der Waals surface area contributed by atoms with E-state index in [1.807, 2.05) is 16.8 Å². The summed E-state index contributed by atoms with van der Waals surface area (Å²) in [6.45, 7) is 0. The van der Waals surface area contributed by atoms with Crippen molar-refractivity contribution in [2.24, 2.45) is 0 Å². The molecule has 1 aromatic carbocycles. The average molecular weight is 300 g/mol. The molecule has 0 amide bonds. The summed E-state index contributed by atoms with van der Waals surface area (Å²) in [6, 6.07) is 14.9. The van der Waals surface area contributed by atoms with Gasteiger partial charge in [-0.15, -0.1) is 21.5 Å². The van der Waals surface area contributed by atoms with Gasteiger partial charge >= 0.3 is 0 Å². The number of aromatic nitrogens is 3. The molecule has 4 nitrogen and oxygen atoms in total. The van der Waals surface area contributed by atoms with Gasteiger partial charge in [0, 0.05) is 5.75 Å². The van der Waals surface area contributed by atoms with E-state index in [9.17, 15) is 0 Å².